The van der Waals surface area contributed by atoms with E-state index in [0.717, 1.165) is 20.9 Å². The molecule has 5 heteroatoms. The third-order valence-corrected chi connectivity index (χ3v) is 2.59. The summed E-state index contributed by atoms with van der Waals surface area (Å²) in [7, 11) is 0. The van der Waals surface area contributed by atoms with Crippen LogP contribution < -0.4 is 10.7 Å². The first kappa shape index (κ1) is 6.19. The molecule has 2 heterocycles. The summed E-state index contributed by atoms with van der Waals surface area (Å²) in [5, 5.41) is 5.89. The zero-order valence-corrected chi connectivity index (χ0v) is 6.88. The van der Waals surface area contributed by atoms with Gasteiger partial charge in [-0.25, -0.2) is 0 Å². The lowest BCUT2D eigenvalue weighted by molar-refractivity contribution is 1.06. The Bertz CT molecular complexity index is 556. The topological polar surface area (TPSA) is 50.5 Å². The Morgan fingerprint density at radius 3 is 3.25 bits per heavy atom. The highest BCUT2D eigenvalue weighted by atomic mass is 32.1. The smallest absolute Gasteiger partial charge is 0.131 e. The van der Waals surface area contributed by atoms with Gasteiger partial charge in [-0.15, -0.1) is 5.10 Å². The van der Waals surface area contributed by atoms with Crippen LogP contribution in [0.1, 0.15) is 0 Å². The Morgan fingerprint density at radius 2 is 2.25 bits per heavy atom. The molecule has 0 saturated carbocycles. The standard InChI is InChI=1S/C7H4N4S/c1-2-5-7(12-11-10-5)6-4(1)8-3-9-6/h1-2H,3H2. The van der Waals surface area contributed by atoms with Crippen LogP contribution in [-0.4, -0.2) is 16.3 Å². The van der Waals surface area contributed by atoms with Gasteiger partial charge < -0.3 is 0 Å². The summed E-state index contributed by atoms with van der Waals surface area (Å²) in [6, 6.07) is 3.87. The van der Waals surface area contributed by atoms with Crippen LogP contribution in [0.3, 0.4) is 0 Å². The summed E-state index contributed by atoms with van der Waals surface area (Å²) in [5.41, 5.74) is 0.916. The highest BCUT2D eigenvalue weighted by Gasteiger charge is 2.04. The van der Waals surface area contributed by atoms with Gasteiger partial charge >= 0.3 is 0 Å². The second-order valence-corrected chi connectivity index (χ2v) is 3.27. The summed E-state index contributed by atoms with van der Waals surface area (Å²) in [5.74, 6) is 0. The van der Waals surface area contributed by atoms with Gasteiger partial charge in [0.15, 0.2) is 0 Å². The highest BCUT2D eigenvalue weighted by molar-refractivity contribution is 7.12. The Balaban J connectivity index is 2.73. The van der Waals surface area contributed by atoms with Crippen LogP contribution in [0.5, 0.6) is 0 Å². The number of fused-ring (bicyclic) bond motifs is 3. The second kappa shape index (κ2) is 2.07. The lowest BCUT2D eigenvalue weighted by atomic mass is 10.3. The minimum atomic E-state index is 0.548. The van der Waals surface area contributed by atoms with Gasteiger partial charge in [0, 0.05) is 0 Å². The van der Waals surface area contributed by atoms with Crippen molar-refractivity contribution in [3.8, 4) is 0 Å². The van der Waals surface area contributed by atoms with Crippen molar-refractivity contribution in [1.29, 1.82) is 0 Å². The van der Waals surface area contributed by atoms with E-state index in [1.807, 2.05) is 12.1 Å². The summed E-state index contributed by atoms with van der Waals surface area (Å²) < 4.78 is 4.92. The average molecular weight is 176 g/mol. The normalized spacial score (nSPS) is 14.0. The zero-order valence-electron chi connectivity index (χ0n) is 6.06. The molecule has 0 saturated heterocycles. The van der Waals surface area contributed by atoms with Gasteiger partial charge in [0.25, 0.3) is 0 Å². The van der Waals surface area contributed by atoms with Gasteiger partial charge in [-0.1, -0.05) is 4.49 Å². The Morgan fingerprint density at radius 1 is 1.25 bits per heavy atom. The van der Waals surface area contributed by atoms with E-state index in [9.17, 15) is 0 Å². The van der Waals surface area contributed by atoms with Gasteiger partial charge in [0.1, 0.15) is 22.2 Å². The van der Waals surface area contributed by atoms with Gasteiger partial charge in [-0.3, -0.25) is 9.98 Å². The molecule has 3 rings (SSSR count). The molecule has 1 aromatic carbocycles. The van der Waals surface area contributed by atoms with Crippen molar-refractivity contribution in [3.63, 3.8) is 0 Å². The first-order valence-corrected chi connectivity index (χ1v) is 4.32. The van der Waals surface area contributed by atoms with Crippen molar-refractivity contribution in [3.05, 3.63) is 22.8 Å². The van der Waals surface area contributed by atoms with Crippen LogP contribution in [-0.2, 0) is 0 Å². The van der Waals surface area contributed by atoms with E-state index in [1.54, 1.807) is 0 Å². The molecule has 0 radical (unpaired) electrons. The largest absolute Gasteiger partial charge is 0.260 e. The lowest BCUT2D eigenvalue weighted by Crippen LogP contribution is -2.20. The molecule has 0 atom stereocenters. The fraction of sp³-hybridized carbons (Fsp3) is 0.143. The van der Waals surface area contributed by atoms with Gasteiger partial charge in [0.05, 0.1) is 5.36 Å². The lowest BCUT2D eigenvalue weighted by Gasteiger charge is -1.82. The molecule has 1 aliphatic rings. The van der Waals surface area contributed by atoms with Crippen molar-refractivity contribution >= 4 is 21.7 Å². The molecule has 0 fully saturated rings. The van der Waals surface area contributed by atoms with E-state index < -0.39 is 0 Å². The molecule has 0 aliphatic carbocycles. The number of rotatable bonds is 0. The molecule has 4 nitrogen and oxygen atoms in total. The first-order valence-electron chi connectivity index (χ1n) is 3.55. The second-order valence-electron chi connectivity index (χ2n) is 2.51. The SMILES string of the molecule is c1cc2nnsc2c2c1=NCN=2. The minimum absolute atomic E-state index is 0.548. The molecule has 1 aromatic heterocycles. The van der Waals surface area contributed by atoms with E-state index in [-0.39, 0.29) is 0 Å². The fourth-order valence-electron chi connectivity index (χ4n) is 1.29. The molecule has 58 valence electrons. The van der Waals surface area contributed by atoms with Crippen LogP contribution in [0.25, 0.3) is 10.2 Å². The van der Waals surface area contributed by atoms with E-state index in [1.165, 1.54) is 11.5 Å². The molecule has 0 spiro atoms. The average Bonchev–Trinajstić information content (AvgIpc) is 2.71. The van der Waals surface area contributed by atoms with E-state index in [2.05, 4.69) is 19.6 Å². The molecule has 12 heavy (non-hydrogen) atoms. The Labute approximate surface area is 71.5 Å². The summed E-state index contributed by atoms with van der Waals surface area (Å²) in [6.07, 6.45) is 0. The van der Waals surface area contributed by atoms with Crippen LogP contribution in [0.2, 0.25) is 0 Å². The third kappa shape index (κ3) is 0.660. The van der Waals surface area contributed by atoms with Crippen molar-refractivity contribution in [2.75, 3.05) is 6.67 Å². The molecule has 2 aromatic rings. The van der Waals surface area contributed by atoms with Gasteiger partial charge in [-0.2, -0.15) is 0 Å². The minimum Gasteiger partial charge on any atom is -0.260 e. The van der Waals surface area contributed by atoms with Gasteiger partial charge in [-0.05, 0) is 23.7 Å². The molecule has 0 unspecified atom stereocenters. The molecule has 0 bridgehead atoms. The summed E-state index contributed by atoms with van der Waals surface area (Å²) in [6.45, 7) is 0.548. The summed E-state index contributed by atoms with van der Waals surface area (Å²) in [4.78, 5) is 8.48. The van der Waals surface area contributed by atoms with Crippen LogP contribution in [0, 0.1) is 0 Å². The number of aromatic nitrogens is 2. The zero-order chi connectivity index (χ0) is 7.97. The number of nitrogens with zero attached hydrogens (tertiary/aromatic N) is 4. The third-order valence-electron chi connectivity index (χ3n) is 1.84. The number of benzene rings is 1. The maximum absolute atomic E-state index is 4.26. The Kier molecular flexibility index (Phi) is 1.07. The monoisotopic (exact) mass is 176 g/mol. The Hall–Kier alpha value is -1.36. The van der Waals surface area contributed by atoms with Crippen LogP contribution in [0.15, 0.2) is 22.1 Å². The molecule has 1 aliphatic heterocycles. The maximum Gasteiger partial charge on any atom is 0.131 e. The van der Waals surface area contributed by atoms with Crippen molar-refractivity contribution in [1.82, 2.24) is 9.59 Å². The van der Waals surface area contributed by atoms with Crippen LogP contribution in [0.4, 0.5) is 0 Å². The predicted octanol–water partition coefficient (Wildman–Crippen LogP) is -0.0984. The van der Waals surface area contributed by atoms with Crippen molar-refractivity contribution in [2.45, 2.75) is 0 Å². The molecular weight excluding hydrogens is 172 g/mol. The van der Waals surface area contributed by atoms with Crippen molar-refractivity contribution < 1.29 is 0 Å². The first-order chi connectivity index (χ1) is 5.95. The fourth-order valence-corrected chi connectivity index (χ4v) is 1.96. The molecule has 0 amide bonds. The molecule has 0 N–H and O–H groups in total. The predicted molar refractivity (Wildman–Crippen MR) is 44.6 cm³/mol. The van der Waals surface area contributed by atoms with Crippen LogP contribution >= 0.6 is 11.5 Å². The van der Waals surface area contributed by atoms with E-state index in [4.69, 9.17) is 0 Å². The number of hydrogen-bond donors (Lipinski definition) is 0. The molecular formula is C7H4N4S. The maximum atomic E-state index is 4.26. The van der Waals surface area contributed by atoms with Gasteiger partial charge in [0.2, 0.25) is 0 Å². The summed E-state index contributed by atoms with van der Waals surface area (Å²) >= 11 is 1.38. The quantitative estimate of drug-likeness (QED) is 0.563. The van der Waals surface area contributed by atoms with E-state index in [0.29, 0.717) is 6.67 Å². The number of hydrogen-bond acceptors (Lipinski definition) is 5. The van der Waals surface area contributed by atoms with E-state index >= 15 is 0 Å². The highest BCUT2D eigenvalue weighted by Crippen LogP contribution is 2.07. The van der Waals surface area contributed by atoms with Crippen molar-refractivity contribution in [2.24, 2.45) is 9.98 Å².